The molecule has 0 atom stereocenters. The van der Waals surface area contributed by atoms with Gasteiger partial charge in [-0.05, 0) is 30.7 Å². The molecule has 4 N–H and O–H groups in total. The number of hydrazine groups is 1. The van der Waals surface area contributed by atoms with E-state index in [-0.39, 0.29) is 0 Å². The third-order valence-electron chi connectivity index (χ3n) is 2.02. The van der Waals surface area contributed by atoms with Crippen molar-refractivity contribution in [3.63, 3.8) is 0 Å². The second-order valence-electron chi connectivity index (χ2n) is 3.11. The van der Waals surface area contributed by atoms with Crippen molar-refractivity contribution in [2.45, 2.75) is 6.92 Å². The molecule has 0 saturated heterocycles. The topological polar surface area (TPSA) is 93.4 Å². The summed E-state index contributed by atoms with van der Waals surface area (Å²) in [4.78, 5) is 22.1. The summed E-state index contributed by atoms with van der Waals surface area (Å²) < 4.78 is 5.01. The van der Waals surface area contributed by atoms with Crippen molar-refractivity contribution in [2.24, 2.45) is 5.84 Å². The van der Waals surface area contributed by atoms with Gasteiger partial charge in [-0.1, -0.05) is 0 Å². The Morgan fingerprint density at radius 1 is 1.31 bits per heavy atom. The molecule has 86 valence electrons. The Balaban J connectivity index is 2.82. The quantitative estimate of drug-likeness (QED) is 0.283. The fourth-order valence-electron chi connectivity index (χ4n) is 1.15. The maximum Gasteiger partial charge on any atom is 0.323 e. The summed E-state index contributed by atoms with van der Waals surface area (Å²) in [5.41, 5.74) is 3.08. The number of aryl methyl sites for hydroxylation is 1. The number of methoxy groups -OCH3 is 1. The lowest BCUT2D eigenvalue weighted by Crippen LogP contribution is -2.39. The summed E-state index contributed by atoms with van der Waals surface area (Å²) in [7, 11) is 1.55. The van der Waals surface area contributed by atoms with Crippen LogP contribution < -0.4 is 21.3 Å². The van der Waals surface area contributed by atoms with Gasteiger partial charge in [-0.25, -0.2) is 5.84 Å². The lowest BCUT2D eigenvalue weighted by molar-refractivity contribution is -0.136. The molecule has 0 heterocycles. The molecule has 16 heavy (non-hydrogen) atoms. The highest BCUT2D eigenvalue weighted by atomic mass is 16.5. The van der Waals surface area contributed by atoms with E-state index < -0.39 is 11.8 Å². The molecule has 0 aliphatic heterocycles. The van der Waals surface area contributed by atoms with Crippen LogP contribution in [0.2, 0.25) is 0 Å². The van der Waals surface area contributed by atoms with Gasteiger partial charge in [-0.15, -0.1) is 0 Å². The summed E-state index contributed by atoms with van der Waals surface area (Å²) in [5.74, 6) is 3.81. The minimum atomic E-state index is -0.893. The highest BCUT2D eigenvalue weighted by Gasteiger charge is 2.12. The van der Waals surface area contributed by atoms with E-state index in [4.69, 9.17) is 10.6 Å². The van der Waals surface area contributed by atoms with Crippen molar-refractivity contribution < 1.29 is 14.3 Å². The van der Waals surface area contributed by atoms with Gasteiger partial charge in [0.05, 0.1) is 7.11 Å². The van der Waals surface area contributed by atoms with Crippen LogP contribution in [-0.4, -0.2) is 18.9 Å². The van der Waals surface area contributed by atoms with E-state index in [2.05, 4.69) is 5.32 Å². The maximum atomic E-state index is 11.2. The van der Waals surface area contributed by atoms with Crippen molar-refractivity contribution in [1.82, 2.24) is 5.43 Å². The first kappa shape index (κ1) is 12.0. The van der Waals surface area contributed by atoms with Crippen LogP contribution in [0, 0.1) is 6.92 Å². The van der Waals surface area contributed by atoms with Crippen LogP contribution in [-0.2, 0) is 9.59 Å². The summed E-state index contributed by atoms with van der Waals surface area (Å²) >= 11 is 0. The summed E-state index contributed by atoms with van der Waals surface area (Å²) in [6.45, 7) is 1.79. The Morgan fingerprint density at radius 2 is 2.00 bits per heavy atom. The zero-order chi connectivity index (χ0) is 12.1. The van der Waals surface area contributed by atoms with Crippen LogP contribution in [0.3, 0.4) is 0 Å². The number of benzene rings is 1. The number of carbonyl (C=O) groups excluding carboxylic acids is 2. The SMILES string of the molecule is COc1ccc(NC(=O)C(=O)NN)c(C)c1. The number of nitrogens with two attached hydrogens (primary N) is 1. The van der Waals surface area contributed by atoms with Crippen LogP contribution in [0.1, 0.15) is 5.56 Å². The molecule has 0 spiro atoms. The molecule has 0 saturated carbocycles. The molecular formula is C10H13N3O3. The monoisotopic (exact) mass is 223 g/mol. The fraction of sp³-hybridized carbons (Fsp3) is 0.200. The first-order chi connectivity index (χ1) is 7.58. The first-order valence-corrected chi connectivity index (χ1v) is 4.55. The standard InChI is InChI=1S/C10H13N3O3/c1-6-5-7(16-2)3-4-8(6)12-9(14)10(15)13-11/h3-5H,11H2,1-2H3,(H,12,14)(H,13,15). The Labute approximate surface area is 92.7 Å². The second-order valence-corrected chi connectivity index (χ2v) is 3.11. The number of amides is 2. The lowest BCUT2D eigenvalue weighted by Gasteiger charge is -2.08. The van der Waals surface area contributed by atoms with Crippen molar-refractivity contribution in [3.8, 4) is 5.75 Å². The van der Waals surface area contributed by atoms with Crippen LogP contribution in [0.25, 0.3) is 0 Å². The minimum absolute atomic E-state index is 0.536. The Bertz CT molecular complexity index is 418. The molecule has 0 radical (unpaired) electrons. The molecule has 1 rings (SSSR count). The van der Waals surface area contributed by atoms with Crippen LogP contribution in [0.15, 0.2) is 18.2 Å². The van der Waals surface area contributed by atoms with E-state index in [1.54, 1.807) is 37.7 Å². The predicted octanol–water partition coefficient (Wildman–Crippen LogP) is -0.0680. The molecule has 6 heteroatoms. The highest BCUT2D eigenvalue weighted by Crippen LogP contribution is 2.20. The molecule has 0 aliphatic rings. The van der Waals surface area contributed by atoms with E-state index in [0.717, 1.165) is 5.56 Å². The van der Waals surface area contributed by atoms with E-state index >= 15 is 0 Å². The molecule has 0 bridgehead atoms. The van der Waals surface area contributed by atoms with Gasteiger partial charge in [0.1, 0.15) is 5.75 Å². The van der Waals surface area contributed by atoms with Crippen LogP contribution in [0.5, 0.6) is 5.75 Å². The molecule has 0 unspecified atom stereocenters. The van der Waals surface area contributed by atoms with Crippen molar-refractivity contribution >= 4 is 17.5 Å². The van der Waals surface area contributed by atoms with Crippen LogP contribution in [0.4, 0.5) is 5.69 Å². The first-order valence-electron chi connectivity index (χ1n) is 4.55. The lowest BCUT2D eigenvalue weighted by atomic mass is 10.2. The van der Waals surface area contributed by atoms with Gasteiger partial charge in [0.15, 0.2) is 0 Å². The molecule has 0 aromatic heterocycles. The fourth-order valence-corrected chi connectivity index (χ4v) is 1.15. The zero-order valence-electron chi connectivity index (χ0n) is 9.03. The third kappa shape index (κ3) is 2.71. The van der Waals surface area contributed by atoms with Gasteiger partial charge >= 0.3 is 11.8 Å². The number of nitrogens with one attached hydrogen (secondary N) is 2. The van der Waals surface area contributed by atoms with E-state index in [1.165, 1.54) is 0 Å². The van der Waals surface area contributed by atoms with Crippen molar-refractivity contribution in [1.29, 1.82) is 0 Å². The molecule has 1 aromatic carbocycles. The number of ether oxygens (including phenoxy) is 1. The summed E-state index contributed by atoms with van der Waals surface area (Å²) in [6, 6.07) is 5.08. The third-order valence-corrected chi connectivity index (χ3v) is 2.02. The predicted molar refractivity (Wildman–Crippen MR) is 58.7 cm³/mol. The molecule has 0 aliphatic carbocycles. The zero-order valence-corrected chi connectivity index (χ0v) is 9.03. The van der Waals surface area contributed by atoms with E-state index in [9.17, 15) is 9.59 Å². The minimum Gasteiger partial charge on any atom is -0.497 e. The average molecular weight is 223 g/mol. The normalized spacial score (nSPS) is 9.44. The number of carbonyl (C=O) groups is 2. The summed E-state index contributed by atoms with van der Waals surface area (Å²) in [6.07, 6.45) is 0. The van der Waals surface area contributed by atoms with Gasteiger partial charge in [0.25, 0.3) is 0 Å². The molecule has 1 aromatic rings. The van der Waals surface area contributed by atoms with Crippen molar-refractivity contribution in [2.75, 3.05) is 12.4 Å². The Morgan fingerprint density at radius 3 is 2.50 bits per heavy atom. The molecule has 0 fully saturated rings. The number of rotatable bonds is 2. The largest absolute Gasteiger partial charge is 0.497 e. The maximum absolute atomic E-state index is 11.2. The van der Waals surface area contributed by atoms with Gasteiger partial charge in [-0.2, -0.15) is 0 Å². The Kier molecular flexibility index (Phi) is 3.84. The highest BCUT2D eigenvalue weighted by molar-refractivity contribution is 6.39. The van der Waals surface area contributed by atoms with Crippen LogP contribution >= 0.6 is 0 Å². The number of hydrogen-bond donors (Lipinski definition) is 3. The second kappa shape index (κ2) is 5.13. The molecular weight excluding hydrogens is 210 g/mol. The molecule has 2 amide bonds. The summed E-state index contributed by atoms with van der Waals surface area (Å²) in [5, 5.41) is 2.43. The Hall–Kier alpha value is -2.08. The van der Waals surface area contributed by atoms with E-state index in [1.807, 2.05) is 0 Å². The van der Waals surface area contributed by atoms with Crippen molar-refractivity contribution in [3.05, 3.63) is 23.8 Å². The van der Waals surface area contributed by atoms with E-state index in [0.29, 0.717) is 11.4 Å². The smallest absolute Gasteiger partial charge is 0.323 e. The average Bonchev–Trinajstić information content (AvgIpc) is 2.30. The van der Waals surface area contributed by atoms with Gasteiger partial charge in [-0.3, -0.25) is 15.0 Å². The van der Waals surface area contributed by atoms with Gasteiger partial charge in [0, 0.05) is 5.69 Å². The number of hydrogen-bond acceptors (Lipinski definition) is 4. The number of anilines is 1. The van der Waals surface area contributed by atoms with Gasteiger partial charge < -0.3 is 10.1 Å². The van der Waals surface area contributed by atoms with Gasteiger partial charge in [0.2, 0.25) is 0 Å². The molecule has 6 nitrogen and oxygen atoms in total.